The maximum atomic E-state index is 12.7. The highest BCUT2D eigenvalue weighted by molar-refractivity contribution is 5.20. The molecule has 1 aromatic rings. The molecule has 1 aromatic carbocycles. The predicted molar refractivity (Wildman–Crippen MR) is 52.1 cm³/mol. The molecule has 1 N–H and O–H groups in total. The van der Waals surface area contributed by atoms with E-state index in [1.807, 2.05) is 0 Å². The molecular weight excluding hydrogens is 205 g/mol. The number of hydrogen-bond acceptors (Lipinski definition) is 2. The molecule has 0 fully saturated rings. The Hall–Kier alpha value is -1.07. The van der Waals surface area contributed by atoms with Crippen LogP contribution >= 0.6 is 0 Å². The summed E-state index contributed by atoms with van der Waals surface area (Å²) in [6, 6.07) is 6.11. The van der Waals surface area contributed by atoms with Crippen molar-refractivity contribution in [2.45, 2.75) is 12.2 Å². The first-order chi connectivity index (χ1) is 6.91. The summed E-state index contributed by atoms with van der Waals surface area (Å²) in [6.07, 6.45) is -4.30. The predicted octanol–water partition coefficient (Wildman–Crippen LogP) is 2.36. The fourth-order valence-corrected chi connectivity index (χ4v) is 1.24. The van der Waals surface area contributed by atoms with E-state index in [0.717, 1.165) is 0 Å². The van der Waals surface area contributed by atoms with Gasteiger partial charge in [0.05, 0.1) is 0 Å². The van der Waals surface area contributed by atoms with Gasteiger partial charge in [0.1, 0.15) is 6.04 Å². The molecule has 5 heteroatoms. The van der Waals surface area contributed by atoms with E-state index in [9.17, 15) is 13.2 Å². The first-order valence-electron chi connectivity index (χ1n) is 4.46. The largest absolute Gasteiger partial charge is 0.409 e. The van der Waals surface area contributed by atoms with Crippen LogP contribution in [0.15, 0.2) is 30.3 Å². The van der Waals surface area contributed by atoms with E-state index in [1.54, 1.807) is 18.2 Å². The zero-order valence-corrected chi connectivity index (χ0v) is 8.55. The van der Waals surface area contributed by atoms with E-state index in [-0.39, 0.29) is 5.56 Å². The summed E-state index contributed by atoms with van der Waals surface area (Å²) in [5, 5.41) is 1.30. The summed E-state index contributed by atoms with van der Waals surface area (Å²) in [5.41, 5.74) is 2.55. The van der Waals surface area contributed by atoms with Gasteiger partial charge < -0.3 is 0 Å². The minimum Gasteiger partial charge on any atom is -0.250 e. The molecule has 0 aliphatic rings. The van der Waals surface area contributed by atoms with Crippen LogP contribution in [0.1, 0.15) is 11.6 Å². The third kappa shape index (κ3) is 3.53. The van der Waals surface area contributed by atoms with Crippen LogP contribution in [0.2, 0.25) is 0 Å². The van der Waals surface area contributed by atoms with Gasteiger partial charge in [0.15, 0.2) is 0 Å². The molecule has 0 saturated carbocycles. The zero-order chi connectivity index (χ0) is 11.5. The van der Waals surface area contributed by atoms with E-state index >= 15 is 0 Å². The molecular formula is C10H13F3N2. The average Bonchev–Trinajstić information content (AvgIpc) is 2.14. The summed E-state index contributed by atoms with van der Waals surface area (Å²) in [7, 11) is 3.06. The van der Waals surface area contributed by atoms with Gasteiger partial charge >= 0.3 is 6.18 Å². The Morgan fingerprint density at radius 3 is 2.07 bits per heavy atom. The van der Waals surface area contributed by atoms with Crippen LogP contribution in [-0.4, -0.2) is 25.3 Å². The maximum absolute atomic E-state index is 12.7. The normalized spacial score (nSPS) is 14.3. The zero-order valence-electron chi connectivity index (χ0n) is 8.55. The summed E-state index contributed by atoms with van der Waals surface area (Å²) in [5.74, 6) is 0. The van der Waals surface area contributed by atoms with Gasteiger partial charge in [-0.2, -0.15) is 13.2 Å². The smallest absolute Gasteiger partial charge is 0.250 e. The molecule has 0 bridgehead atoms. The Bertz CT molecular complexity index is 295. The van der Waals surface area contributed by atoms with Crippen molar-refractivity contribution in [3.8, 4) is 0 Å². The minimum atomic E-state index is -4.30. The number of benzene rings is 1. The van der Waals surface area contributed by atoms with Gasteiger partial charge in [-0.05, 0) is 5.56 Å². The van der Waals surface area contributed by atoms with Crippen molar-refractivity contribution in [2.75, 3.05) is 14.1 Å². The van der Waals surface area contributed by atoms with Crippen molar-refractivity contribution in [2.24, 2.45) is 0 Å². The molecule has 0 heterocycles. The fourth-order valence-electron chi connectivity index (χ4n) is 1.24. The van der Waals surface area contributed by atoms with Crippen molar-refractivity contribution in [1.82, 2.24) is 10.4 Å². The number of rotatable bonds is 3. The quantitative estimate of drug-likeness (QED) is 0.783. The highest BCUT2D eigenvalue weighted by atomic mass is 19.4. The third-order valence-electron chi connectivity index (χ3n) is 1.85. The lowest BCUT2D eigenvalue weighted by molar-refractivity contribution is -0.167. The van der Waals surface area contributed by atoms with Gasteiger partial charge in [-0.3, -0.25) is 0 Å². The van der Waals surface area contributed by atoms with Crippen LogP contribution in [0.5, 0.6) is 0 Å². The molecule has 0 aliphatic heterocycles. The first kappa shape index (κ1) is 12.0. The van der Waals surface area contributed by atoms with Gasteiger partial charge in [0, 0.05) is 14.1 Å². The lowest BCUT2D eigenvalue weighted by Gasteiger charge is -2.25. The number of halogens is 3. The van der Waals surface area contributed by atoms with Gasteiger partial charge in [0.25, 0.3) is 0 Å². The molecule has 0 amide bonds. The Morgan fingerprint density at radius 2 is 1.67 bits per heavy atom. The SMILES string of the molecule is CN(C)NC(c1ccccc1)C(F)(F)F. The molecule has 15 heavy (non-hydrogen) atoms. The highest BCUT2D eigenvalue weighted by Crippen LogP contribution is 2.32. The van der Waals surface area contributed by atoms with Gasteiger partial charge in [-0.15, -0.1) is 0 Å². The lowest BCUT2D eigenvalue weighted by Crippen LogP contribution is -2.41. The summed E-state index contributed by atoms with van der Waals surface area (Å²) >= 11 is 0. The summed E-state index contributed by atoms with van der Waals surface area (Å²) < 4.78 is 38.0. The molecule has 1 unspecified atom stereocenters. The molecule has 0 aromatic heterocycles. The second-order valence-corrected chi connectivity index (χ2v) is 3.41. The fraction of sp³-hybridized carbons (Fsp3) is 0.400. The van der Waals surface area contributed by atoms with Crippen molar-refractivity contribution in [1.29, 1.82) is 0 Å². The van der Waals surface area contributed by atoms with Crippen molar-refractivity contribution in [3.63, 3.8) is 0 Å². The Kier molecular flexibility index (Phi) is 3.71. The van der Waals surface area contributed by atoms with E-state index in [0.29, 0.717) is 0 Å². The number of nitrogens with one attached hydrogen (secondary N) is 1. The van der Waals surface area contributed by atoms with E-state index in [1.165, 1.54) is 31.2 Å². The maximum Gasteiger partial charge on any atom is 0.409 e. The topological polar surface area (TPSA) is 15.3 Å². The van der Waals surface area contributed by atoms with Gasteiger partial charge in [0.2, 0.25) is 0 Å². The van der Waals surface area contributed by atoms with Crippen LogP contribution in [0.25, 0.3) is 0 Å². The van der Waals surface area contributed by atoms with Crippen molar-refractivity contribution < 1.29 is 13.2 Å². The second kappa shape index (κ2) is 4.63. The molecule has 0 spiro atoms. The Balaban J connectivity index is 2.92. The Morgan fingerprint density at radius 1 is 1.13 bits per heavy atom. The van der Waals surface area contributed by atoms with Crippen LogP contribution in [-0.2, 0) is 0 Å². The number of hydrogen-bond donors (Lipinski definition) is 1. The molecule has 0 saturated heterocycles. The van der Waals surface area contributed by atoms with Crippen molar-refractivity contribution >= 4 is 0 Å². The summed E-state index contributed by atoms with van der Waals surface area (Å²) in [4.78, 5) is 0. The standard InChI is InChI=1S/C10H13F3N2/c1-15(2)14-9(10(11,12)13)8-6-4-3-5-7-8/h3-7,9,14H,1-2H3. The van der Waals surface area contributed by atoms with Crippen LogP contribution in [0, 0.1) is 0 Å². The molecule has 2 nitrogen and oxygen atoms in total. The number of hydrazine groups is 1. The van der Waals surface area contributed by atoms with Crippen LogP contribution in [0.3, 0.4) is 0 Å². The molecule has 1 atom stereocenters. The molecule has 0 aliphatic carbocycles. The highest BCUT2D eigenvalue weighted by Gasteiger charge is 2.40. The van der Waals surface area contributed by atoms with E-state index in [2.05, 4.69) is 5.43 Å². The lowest BCUT2D eigenvalue weighted by atomic mass is 10.1. The van der Waals surface area contributed by atoms with Crippen LogP contribution in [0.4, 0.5) is 13.2 Å². The van der Waals surface area contributed by atoms with Gasteiger partial charge in [-0.25, -0.2) is 10.4 Å². The second-order valence-electron chi connectivity index (χ2n) is 3.41. The van der Waals surface area contributed by atoms with Gasteiger partial charge in [-0.1, -0.05) is 30.3 Å². The summed E-state index contributed by atoms with van der Waals surface area (Å²) in [6.45, 7) is 0. The minimum absolute atomic E-state index is 0.207. The first-order valence-corrected chi connectivity index (χ1v) is 4.46. The molecule has 0 radical (unpaired) electrons. The van der Waals surface area contributed by atoms with E-state index in [4.69, 9.17) is 0 Å². The monoisotopic (exact) mass is 218 g/mol. The van der Waals surface area contributed by atoms with E-state index < -0.39 is 12.2 Å². The number of alkyl halides is 3. The van der Waals surface area contributed by atoms with Crippen LogP contribution < -0.4 is 5.43 Å². The molecule has 1 rings (SSSR count). The Labute approximate surface area is 86.7 Å². The van der Waals surface area contributed by atoms with Crippen molar-refractivity contribution in [3.05, 3.63) is 35.9 Å². The third-order valence-corrected chi connectivity index (χ3v) is 1.85. The molecule has 84 valence electrons. The number of nitrogens with zero attached hydrogens (tertiary/aromatic N) is 1. The average molecular weight is 218 g/mol.